The zero-order valence-electron chi connectivity index (χ0n) is 14.8. The Bertz CT molecular complexity index is 838. The average molecular weight is 367 g/mol. The third kappa shape index (κ3) is 4.69. The molecule has 27 heavy (non-hydrogen) atoms. The van der Waals surface area contributed by atoms with Gasteiger partial charge in [-0.1, -0.05) is 48.5 Å². The van der Waals surface area contributed by atoms with Crippen LogP contribution in [0, 0.1) is 10.1 Å². The van der Waals surface area contributed by atoms with Crippen molar-refractivity contribution in [1.82, 2.24) is 10.2 Å². The summed E-state index contributed by atoms with van der Waals surface area (Å²) in [6, 6.07) is 15.3. The number of para-hydroxylation sites is 1. The van der Waals surface area contributed by atoms with E-state index in [1.54, 1.807) is 23.1 Å². The van der Waals surface area contributed by atoms with Gasteiger partial charge in [-0.2, -0.15) is 0 Å². The van der Waals surface area contributed by atoms with Crippen molar-refractivity contribution >= 4 is 17.5 Å². The van der Waals surface area contributed by atoms with E-state index >= 15 is 0 Å². The van der Waals surface area contributed by atoms with Crippen LogP contribution >= 0.6 is 0 Å². The number of carbonyl (C=O) groups is 2. The van der Waals surface area contributed by atoms with Gasteiger partial charge in [0.1, 0.15) is 0 Å². The molecular weight excluding hydrogens is 346 g/mol. The zero-order chi connectivity index (χ0) is 19.2. The molecule has 1 aliphatic rings. The summed E-state index contributed by atoms with van der Waals surface area (Å²) in [4.78, 5) is 37.0. The Kier molecular flexibility index (Phi) is 5.80. The molecule has 1 saturated heterocycles. The van der Waals surface area contributed by atoms with Gasteiger partial charge in [-0.25, -0.2) is 0 Å². The van der Waals surface area contributed by atoms with Gasteiger partial charge >= 0.3 is 0 Å². The zero-order valence-corrected chi connectivity index (χ0v) is 14.8. The van der Waals surface area contributed by atoms with E-state index in [0.717, 1.165) is 12.0 Å². The Morgan fingerprint density at radius 1 is 1.15 bits per heavy atom. The van der Waals surface area contributed by atoms with Crippen LogP contribution in [-0.4, -0.2) is 34.7 Å². The number of hydrogen-bond donors (Lipinski definition) is 1. The number of nitrogens with zero attached hydrogens (tertiary/aromatic N) is 2. The minimum atomic E-state index is -0.486. The molecule has 0 bridgehead atoms. The maximum Gasteiger partial charge on any atom is 0.273 e. The first-order valence-electron chi connectivity index (χ1n) is 8.89. The van der Waals surface area contributed by atoms with Crippen LogP contribution in [0.2, 0.25) is 0 Å². The smallest absolute Gasteiger partial charge is 0.273 e. The number of nitro benzene ring substituents is 1. The van der Waals surface area contributed by atoms with E-state index in [-0.39, 0.29) is 30.0 Å². The molecule has 0 saturated carbocycles. The summed E-state index contributed by atoms with van der Waals surface area (Å²) in [7, 11) is 0. The molecule has 140 valence electrons. The fourth-order valence-electron chi connectivity index (χ4n) is 3.29. The van der Waals surface area contributed by atoms with Crippen LogP contribution in [0.25, 0.3) is 0 Å². The fraction of sp³-hybridized carbons (Fsp3) is 0.300. The van der Waals surface area contributed by atoms with Crippen molar-refractivity contribution in [2.75, 3.05) is 13.1 Å². The summed E-state index contributed by atoms with van der Waals surface area (Å²) >= 11 is 0. The quantitative estimate of drug-likeness (QED) is 0.601. The Hall–Kier alpha value is -3.22. The highest BCUT2D eigenvalue weighted by molar-refractivity contribution is 5.81. The van der Waals surface area contributed by atoms with Crippen molar-refractivity contribution < 1.29 is 14.5 Å². The van der Waals surface area contributed by atoms with Gasteiger partial charge in [-0.05, 0) is 12.0 Å². The molecule has 0 aliphatic carbocycles. The van der Waals surface area contributed by atoms with E-state index in [1.807, 2.05) is 30.3 Å². The molecule has 1 unspecified atom stereocenters. The highest BCUT2D eigenvalue weighted by Gasteiger charge is 2.26. The Morgan fingerprint density at radius 3 is 2.52 bits per heavy atom. The van der Waals surface area contributed by atoms with Crippen LogP contribution in [0.1, 0.15) is 30.0 Å². The van der Waals surface area contributed by atoms with E-state index in [2.05, 4.69) is 5.32 Å². The van der Waals surface area contributed by atoms with Crippen molar-refractivity contribution in [3.63, 3.8) is 0 Å². The maximum absolute atomic E-state index is 12.6. The normalized spacial score (nSPS) is 14.8. The lowest BCUT2D eigenvalue weighted by Gasteiger charge is -2.25. The first-order chi connectivity index (χ1) is 13.0. The second-order valence-corrected chi connectivity index (χ2v) is 6.54. The van der Waals surface area contributed by atoms with Gasteiger partial charge in [-0.3, -0.25) is 19.7 Å². The van der Waals surface area contributed by atoms with E-state index in [1.165, 1.54) is 6.07 Å². The lowest BCUT2D eigenvalue weighted by molar-refractivity contribution is -0.385. The van der Waals surface area contributed by atoms with Crippen molar-refractivity contribution in [3.05, 3.63) is 75.8 Å². The minimum Gasteiger partial charge on any atom is -0.347 e. The number of rotatable bonds is 7. The SMILES string of the molecule is O=C(Cc1ccccc1[N+](=O)[O-])NC(CN1CCCC1=O)c1ccccc1. The predicted molar refractivity (Wildman–Crippen MR) is 99.9 cm³/mol. The second kappa shape index (κ2) is 8.44. The van der Waals surface area contributed by atoms with E-state index in [9.17, 15) is 19.7 Å². The largest absolute Gasteiger partial charge is 0.347 e. The van der Waals surface area contributed by atoms with Crippen LogP contribution in [0.3, 0.4) is 0 Å². The van der Waals surface area contributed by atoms with Gasteiger partial charge in [0.2, 0.25) is 11.8 Å². The van der Waals surface area contributed by atoms with Crippen LogP contribution < -0.4 is 5.32 Å². The first-order valence-corrected chi connectivity index (χ1v) is 8.89. The number of likely N-dealkylation sites (tertiary alicyclic amines) is 1. The van der Waals surface area contributed by atoms with Gasteiger partial charge in [0, 0.05) is 31.1 Å². The molecule has 2 amide bonds. The van der Waals surface area contributed by atoms with E-state index in [0.29, 0.717) is 25.1 Å². The van der Waals surface area contributed by atoms with Gasteiger partial charge in [0.25, 0.3) is 5.69 Å². The Balaban J connectivity index is 1.74. The van der Waals surface area contributed by atoms with E-state index < -0.39 is 4.92 Å². The van der Waals surface area contributed by atoms with Gasteiger partial charge in [0.05, 0.1) is 17.4 Å². The molecule has 1 fully saturated rings. The number of benzene rings is 2. The molecule has 0 aromatic heterocycles. The number of nitro groups is 1. The topological polar surface area (TPSA) is 92.5 Å². The first kappa shape index (κ1) is 18.6. The molecule has 7 heteroatoms. The molecule has 1 N–H and O–H groups in total. The molecule has 0 radical (unpaired) electrons. The number of nitrogens with one attached hydrogen (secondary N) is 1. The van der Waals surface area contributed by atoms with E-state index in [4.69, 9.17) is 0 Å². The lowest BCUT2D eigenvalue weighted by Crippen LogP contribution is -2.39. The summed E-state index contributed by atoms with van der Waals surface area (Å²) in [5, 5.41) is 14.1. The van der Waals surface area contributed by atoms with Gasteiger partial charge < -0.3 is 10.2 Å². The molecular formula is C20H21N3O4. The number of carbonyl (C=O) groups excluding carboxylic acids is 2. The second-order valence-electron chi connectivity index (χ2n) is 6.54. The number of hydrogen-bond acceptors (Lipinski definition) is 4. The average Bonchev–Trinajstić information content (AvgIpc) is 3.07. The third-order valence-electron chi connectivity index (χ3n) is 4.65. The maximum atomic E-state index is 12.6. The Morgan fingerprint density at radius 2 is 1.85 bits per heavy atom. The molecule has 0 spiro atoms. The highest BCUT2D eigenvalue weighted by atomic mass is 16.6. The summed E-state index contributed by atoms with van der Waals surface area (Å²) in [5.41, 5.74) is 1.19. The lowest BCUT2D eigenvalue weighted by atomic mass is 10.0. The molecule has 1 aliphatic heterocycles. The van der Waals surface area contributed by atoms with Gasteiger partial charge in [0.15, 0.2) is 0 Å². The monoisotopic (exact) mass is 367 g/mol. The molecule has 7 nitrogen and oxygen atoms in total. The minimum absolute atomic E-state index is 0.0707. The molecule has 3 rings (SSSR count). The Labute approximate surface area is 157 Å². The van der Waals surface area contributed by atoms with Crippen molar-refractivity contribution in [3.8, 4) is 0 Å². The van der Waals surface area contributed by atoms with Crippen molar-refractivity contribution in [1.29, 1.82) is 0 Å². The number of amides is 2. The summed E-state index contributed by atoms with van der Waals surface area (Å²) < 4.78 is 0. The molecule has 1 heterocycles. The van der Waals surface area contributed by atoms with Crippen LogP contribution in [-0.2, 0) is 16.0 Å². The summed E-state index contributed by atoms with van der Waals surface area (Å²) in [5.74, 6) is -0.228. The summed E-state index contributed by atoms with van der Waals surface area (Å²) in [6.45, 7) is 1.08. The third-order valence-corrected chi connectivity index (χ3v) is 4.65. The molecule has 2 aromatic carbocycles. The van der Waals surface area contributed by atoms with Crippen LogP contribution in [0.5, 0.6) is 0 Å². The van der Waals surface area contributed by atoms with Crippen LogP contribution in [0.15, 0.2) is 54.6 Å². The fourth-order valence-corrected chi connectivity index (χ4v) is 3.29. The predicted octanol–water partition coefficient (Wildman–Crippen LogP) is 2.62. The van der Waals surface area contributed by atoms with Crippen LogP contribution in [0.4, 0.5) is 5.69 Å². The van der Waals surface area contributed by atoms with Gasteiger partial charge in [-0.15, -0.1) is 0 Å². The summed E-state index contributed by atoms with van der Waals surface area (Å²) in [6.07, 6.45) is 1.27. The van der Waals surface area contributed by atoms with Crippen molar-refractivity contribution in [2.24, 2.45) is 0 Å². The molecule has 1 atom stereocenters. The standard InChI is InChI=1S/C20H21N3O4/c24-19(13-16-9-4-5-10-18(16)23(26)27)21-17(15-7-2-1-3-8-15)14-22-12-6-11-20(22)25/h1-5,7-10,17H,6,11-14H2,(H,21,24). The molecule has 2 aromatic rings. The highest BCUT2D eigenvalue weighted by Crippen LogP contribution is 2.21. The van der Waals surface area contributed by atoms with Crippen molar-refractivity contribution in [2.45, 2.75) is 25.3 Å².